The number of hydrogen-bond acceptors (Lipinski definition) is 4. The van der Waals surface area contributed by atoms with Crippen molar-refractivity contribution in [3.8, 4) is 11.3 Å². The highest BCUT2D eigenvalue weighted by molar-refractivity contribution is 6.00. The van der Waals surface area contributed by atoms with Gasteiger partial charge in [0.2, 0.25) is 5.91 Å². The van der Waals surface area contributed by atoms with Gasteiger partial charge in [-0.05, 0) is 68.3 Å². The molecule has 6 heteroatoms. The van der Waals surface area contributed by atoms with Gasteiger partial charge in [-0.2, -0.15) is 0 Å². The minimum atomic E-state index is -0.421. The van der Waals surface area contributed by atoms with Crippen molar-refractivity contribution >= 4 is 22.8 Å². The summed E-state index contributed by atoms with van der Waals surface area (Å²) in [5.41, 5.74) is 6.58. The van der Waals surface area contributed by atoms with Gasteiger partial charge in [0.1, 0.15) is 0 Å². The number of hydrogen-bond donors (Lipinski definition) is 0. The molecule has 2 bridgehead atoms. The number of esters is 1. The molecule has 208 valence electrons. The third-order valence-corrected chi connectivity index (χ3v) is 11.0. The number of benzene rings is 2. The number of likely N-dealkylation sites (tertiary alicyclic amines) is 1. The van der Waals surface area contributed by atoms with E-state index in [2.05, 4.69) is 51.7 Å². The topological polar surface area (TPSA) is 54.8 Å². The minimum absolute atomic E-state index is 0.244. The monoisotopic (exact) mass is 537 g/mol. The molecule has 2 saturated carbocycles. The minimum Gasteiger partial charge on any atom is -0.465 e. The van der Waals surface area contributed by atoms with E-state index in [9.17, 15) is 9.59 Å². The van der Waals surface area contributed by atoms with E-state index in [0.29, 0.717) is 36.0 Å². The van der Waals surface area contributed by atoms with Gasteiger partial charge in [-0.25, -0.2) is 4.79 Å². The van der Waals surface area contributed by atoms with Crippen LogP contribution in [0.4, 0.5) is 0 Å². The summed E-state index contributed by atoms with van der Waals surface area (Å²) in [6.45, 7) is 2.64. The third-order valence-electron chi connectivity index (χ3n) is 11.0. The molecule has 8 rings (SSSR count). The number of piperazine rings is 1. The Morgan fingerprint density at radius 2 is 1.70 bits per heavy atom. The van der Waals surface area contributed by atoms with E-state index in [1.165, 1.54) is 67.0 Å². The second-order valence-corrected chi connectivity index (χ2v) is 13.2. The molecule has 6 nitrogen and oxygen atoms in total. The largest absolute Gasteiger partial charge is 0.465 e. The number of likely N-dealkylation sites (N-methyl/N-ethyl adjacent to an activating group) is 1. The van der Waals surface area contributed by atoms with Crippen LogP contribution in [0.1, 0.15) is 84.7 Å². The SMILES string of the molecule is COC(=O)c1ccc2c(C3CCCCC3)c3n(c2c1)CC1(C(=O)N2C4CCC2CN(C)C4)CC1c1ccccc1-3. The molecule has 2 aliphatic carbocycles. The summed E-state index contributed by atoms with van der Waals surface area (Å²) in [7, 11) is 3.64. The normalized spacial score (nSPS) is 29.4. The first-order valence-electron chi connectivity index (χ1n) is 15.3. The van der Waals surface area contributed by atoms with Crippen LogP contribution in [0, 0.1) is 5.41 Å². The molecule has 3 aliphatic heterocycles. The van der Waals surface area contributed by atoms with Crippen LogP contribution in [0.2, 0.25) is 0 Å². The maximum Gasteiger partial charge on any atom is 0.337 e. The van der Waals surface area contributed by atoms with Crippen LogP contribution in [-0.2, 0) is 16.1 Å². The molecule has 0 N–H and O–H groups in total. The fourth-order valence-electron chi connectivity index (χ4n) is 9.07. The number of rotatable bonds is 3. The Morgan fingerprint density at radius 1 is 0.950 bits per heavy atom. The zero-order valence-corrected chi connectivity index (χ0v) is 23.7. The molecule has 3 aromatic rings. The lowest BCUT2D eigenvalue weighted by molar-refractivity contribution is -0.143. The summed E-state index contributed by atoms with van der Waals surface area (Å²) in [5.74, 6) is 0.799. The molecule has 4 unspecified atom stereocenters. The molecule has 1 aromatic heterocycles. The van der Waals surface area contributed by atoms with Crippen molar-refractivity contribution in [3.05, 3.63) is 59.2 Å². The second-order valence-electron chi connectivity index (χ2n) is 13.2. The van der Waals surface area contributed by atoms with E-state index in [1.807, 2.05) is 12.1 Å². The molecule has 0 spiro atoms. The maximum atomic E-state index is 14.7. The Kier molecular flexibility index (Phi) is 5.51. The van der Waals surface area contributed by atoms with Crippen molar-refractivity contribution in [3.63, 3.8) is 0 Å². The van der Waals surface area contributed by atoms with Crippen molar-refractivity contribution in [2.75, 3.05) is 27.2 Å². The van der Waals surface area contributed by atoms with Gasteiger partial charge in [-0.3, -0.25) is 4.79 Å². The van der Waals surface area contributed by atoms with Crippen LogP contribution in [-0.4, -0.2) is 65.6 Å². The van der Waals surface area contributed by atoms with Crippen LogP contribution in [0.15, 0.2) is 42.5 Å². The van der Waals surface area contributed by atoms with E-state index in [-0.39, 0.29) is 11.9 Å². The number of carbonyl (C=O) groups excluding carboxylic acids is 2. The van der Waals surface area contributed by atoms with Crippen molar-refractivity contribution in [1.82, 2.24) is 14.4 Å². The van der Waals surface area contributed by atoms with Crippen molar-refractivity contribution in [1.29, 1.82) is 0 Å². The Labute approximate surface area is 236 Å². The van der Waals surface area contributed by atoms with Crippen LogP contribution in [0.3, 0.4) is 0 Å². The van der Waals surface area contributed by atoms with Crippen LogP contribution < -0.4 is 0 Å². The predicted octanol–water partition coefficient (Wildman–Crippen LogP) is 5.93. The van der Waals surface area contributed by atoms with Gasteiger partial charge >= 0.3 is 5.97 Å². The smallest absolute Gasteiger partial charge is 0.337 e. The van der Waals surface area contributed by atoms with Crippen LogP contribution in [0.5, 0.6) is 0 Å². The molecule has 40 heavy (non-hydrogen) atoms. The Bertz CT molecular complexity index is 1520. The molecular weight excluding hydrogens is 498 g/mol. The first-order chi connectivity index (χ1) is 19.5. The molecule has 0 radical (unpaired) electrons. The lowest BCUT2D eigenvalue weighted by Gasteiger charge is -2.41. The third kappa shape index (κ3) is 3.44. The summed E-state index contributed by atoms with van der Waals surface area (Å²) < 4.78 is 7.58. The van der Waals surface area contributed by atoms with E-state index < -0.39 is 5.41 Å². The zero-order chi connectivity index (χ0) is 27.2. The fourth-order valence-corrected chi connectivity index (χ4v) is 9.07. The average Bonchev–Trinajstić information content (AvgIpc) is 3.57. The molecule has 4 atom stereocenters. The lowest BCUT2D eigenvalue weighted by atomic mass is 9.81. The lowest BCUT2D eigenvalue weighted by Crippen LogP contribution is -2.57. The molecule has 5 aliphatic rings. The van der Waals surface area contributed by atoms with E-state index in [0.717, 1.165) is 37.9 Å². The highest BCUT2D eigenvalue weighted by Gasteiger charge is 2.65. The molecule has 4 heterocycles. The van der Waals surface area contributed by atoms with Gasteiger partial charge in [0, 0.05) is 54.1 Å². The van der Waals surface area contributed by atoms with Crippen molar-refractivity contribution in [2.24, 2.45) is 5.41 Å². The number of methoxy groups -OCH3 is 1. The number of fused-ring (bicyclic) bond motifs is 9. The van der Waals surface area contributed by atoms with Crippen molar-refractivity contribution < 1.29 is 14.3 Å². The molecule has 2 aromatic carbocycles. The quantitative estimate of drug-likeness (QED) is 0.389. The summed E-state index contributed by atoms with van der Waals surface area (Å²) in [6.07, 6.45) is 9.36. The number of amides is 1. The first kappa shape index (κ1) is 24.7. The first-order valence-corrected chi connectivity index (χ1v) is 15.3. The highest BCUT2D eigenvalue weighted by atomic mass is 16.5. The summed E-state index contributed by atoms with van der Waals surface area (Å²) in [6, 6.07) is 15.6. The maximum absolute atomic E-state index is 14.7. The van der Waals surface area contributed by atoms with Crippen molar-refractivity contribution in [2.45, 2.75) is 81.8 Å². The summed E-state index contributed by atoms with van der Waals surface area (Å²) in [4.78, 5) is 32.1. The number of ether oxygens (including phenoxy) is 1. The fraction of sp³-hybridized carbons (Fsp3) is 0.529. The standard InChI is InChI=1S/C34H39N3O3/c1-35-18-23-13-14-24(19-35)37(23)33(39)34-17-28(34)25-10-6-7-11-26(25)31-30(21-8-4-3-5-9-21)27-15-12-22(32(38)40-2)16-29(27)36(31)20-34/h6-7,10-12,15-16,21,23-24,28H,3-5,8-9,13-14,17-20H2,1-2H3. The van der Waals surface area contributed by atoms with Crippen LogP contribution in [0.25, 0.3) is 22.2 Å². The van der Waals surface area contributed by atoms with Crippen LogP contribution >= 0.6 is 0 Å². The predicted molar refractivity (Wildman–Crippen MR) is 155 cm³/mol. The number of aromatic nitrogens is 1. The molecule has 2 saturated heterocycles. The highest BCUT2D eigenvalue weighted by Crippen LogP contribution is 2.66. The Hall–Kier alpha value is -3.12. The zero-order valence-electron chi connectivity index (χ0n) is 23.7. The molecule has 4 fully saturated rings. The van der Waals surface area contributed by atoms with Gasteiger partial charge in [0.05, 0.1) is 23.8 Å². The van der Waals surface area contributed by atoms with E-state index >= 15 is 0 Å². The Balaban J connectivity index is 1.33. The average molecular weight is 538 g/mol. The molecular formula is C34H39N3O3. The van der Waals surface area contributed by atoms with Gasteiger partial charge in [-0.1, -0.05) is 49.6 Å². The van der Waals surface area contributed by atoms with E-state index in [4.69, 9.17) is 4.74 Å². The number of carbonyl (C=O) groups is 2. The van der Waals surface area contributed by atoms with Gasteiger partial charge in [0.15, 0.2) is 0 Å². The van der Waals surface area contributed by atoms with Gasteiger partial charge < -0.3 is 19.1 Å². The molecule has 1 amide bonds. The Morgan fingerprint density at radius 3 is 2.45 bits per heavy atom. The summed E-state index contributed by atoms with van der Waals surface area (Å²) in [5, 5.41) is 1.24. The number of nitrogens with zero attached hydrogens (tertiary/aromatic N) is 3. The van der Waals surface area contributed by atoms with Gasteiger partial charge in [-0.15, -0.1) is 0 Å². The second kappa shape index (κ2) is 8.94. The summed E-state index contributed by atoms with van der Waals surface area (Å²) >= 11 is 0. The van der Waals surface area contributed by atoms with E-state index in [1.54, 1.807) is 0 Å². The van der Waals surface area contributed by atoms with Gasteiger partial charge in [0.25, 0.3) is 0 Å².